The molecule has 0 saturated heterocycles. The topological polar surface area (TPSA) is 53.4 Å². The van der Waals surface area contributed by atoms with Crippen LogP contribution in [-0.4, -0.2) is 28.1 Å². The van der Waals surface area contributed by atoms with Crippen molar-refractivity contribution in [2.75, 3.05) is 12.5 Å². The van der Waals surface area contributed by atoms with Gasteiger partial charge in [0.15, 0.2) is 5.82 Å². The van der Waals surface area contributed by atoms with E-state index in [0.29, 0.717) is 0 Å². The quantitative estimate of drug-likeness (QED) is 0.553. The lowest BCUT2D eigenvalue weighted by Gasteiger charge is -2.14. The third kappa shape index (κ3) is 3.34. The fraction of sp³-hybridized carbons (Fsp3) is 0.350. The molecule has 0 amide bonds. The molecule has 1 aliphatic rings. The number of fused-ring (bicyclic) bond motifs is 2. The molecule has 0 fully saturated rings. The van der Waals surface area contributed by atoms with E-state index in [4.69, 9.17) is 0 Å². The van der Waals surface area contributed by atoms with Crippen LogP contribution in [0.25, 0.3) is 10.2 Å². The van der Waals surface area contributed by atoms with E-state index >= 15 is 0 Å². The van der Waals surface area contributed by atoms with Crippen LogP contribution < -0.4 is 5.43 Å². The van der Waals surface area contributed by atoms with Gasteiger partial charge in [0, 0.05) is 18.0 Å². The molecule has 134 valence electrons. The molecule has 0 radical (unpaired) electrons. The van der Waals surface area contributed by atoms with E-state index in [0.717, 1.165) is 34.7 Å². The van der Waals surface area contributed by atoms with Gasteiger partial charge in [-0.1, -0.05) is 32.9 Å². The maximum Gasteiger partial charge on any atom is 0.158 e. The number of rotatable bonds is 3. The Hall–Kier alpha value is -2.31. The molecule has 0 saturated carbocycles. The number of hydrogen-bond donors (Lipinski definition) is 1. The zero-order valence-electron chi connectivity index (χ0n) is 15.6. The van der Waals surface area contributed by atoms with E-state index < -0.39 is 0 Å². The number of nitrogens with one attached hydrogen (secondary N) is 1. The third-order valence-electron chi connectivity index (χ3n) is 4.56. The highest BCUT2D eigenvalue weighted by atomic mass is 32.1. The van der Waals surface area contributed by atoms with Crippen LogP contribution in [0, 0.1) is 0 Å². The number of anilines is 1. The highest BCUT2D eigenvalue weighted by molar-refractivity contribution is 7.18. The van der Waals surface area contributed by atoms with Gasteiger partial charge < -0.3 is 0 Å². The Morgan fingerprint density at radius 3 is 2.77 bits per heavy atom. The largest absolute Gasteiger partial charge is 0.298 e. The first-order valence-corrected chi connectivity index (χ1v) is 9.56. The highest BCUT2D eigenvalue weighted by Gasteiger charge is 2.19. The van der Waals surface area contributed by atoms with Gasteiger partial charge in [-0.25, -0.2) is 9.97 Å². The van der Waals surface area contributed by atoms with Gasteiger partial charge >= 0.3 is 0 Å². The van der Waals surface area contributed by atoms with Crippen molar-refractivity contribution >= 4 is 33.6 Å². The molecule has 5 nitrogen and oxygen atoms in total. The fourth-order valence-electron chi connectivity index (χ4n) is 3.15. The Morgan fingerprint density at radius 2 is 1.96 bits per heavy atom. The summed E-state index contributed by atoms with van der Waals surface area (Å²) in [6.45, 7) is 8.66. The summed E-state index contributed by atoms with van der Waals surface area (Å²) in [5.41, 5.74) is 7.08. The van der Waals surface area contributed by atoms with Crippen molar-refractivity contribution in [2.24, 2.45) is 5.10 Å². The maximum atomic E-state index is 4.40. The minimum atomic E-state index is 0.101. The monoisotopic (exact) mass is 365 g/mol. The molecule has 3 heterocycles. The van der Waals surface area contributed by atoms with Crippen molar-refractivity contribution in [3.8, 4) is 0 Å². The summed E-state index contributed by atoms with van der Waals surface area (Å²) >= 11 is 1.71. The lowest BCUT2D eigenvalue weighted by molar-refractivity contribution is 0.353. The zero-order valence-corrected chi connectivity index (χ0v) is 16.4. The number of hydrogen-bond acceptors (Lipinski definition) is 6. The normalized spacial score (nSPS) is 15.1. The molecule has 1 N–H and O–H groups in total. The average Bonchev–Trinajstić information content (AvgIpc) is 3.17. The molecule has 26 heavy (non-hydrogen) atoms. The van der Waals surface area contributed by atoms with Crippen LogP contribution in [0.1, 0.15) is 42.3 Å². The van der Waals surface area contributed by atoms with Crippen molar-refractivity contribution in [3.05, 3.63) is 52.2 Å². The van der Waals surface area contributed by atoms with Gasteiger partial charge in [-0.15, -0.1) is 11.3 Å². The molecular formula is C20H23N5S. The van der Waals surface area contributed by atoms with Crippen LogP contribution in [0.2, 0.25) is 0 Å². The van der Waals surface area contributed by atoms with Crippen LogP contribution in [0.15, 0.2) is 35.7 Å². The summed E-state index contributed by atoms with van der Waals surface area (Å²) < 4.78 is 0. The lowest BCUT2D eigenvalue weighted by Crippen LogP contribution is -2.07. The van der Waals surface area contributed by atoms with Gasteiger partial charge in [0.2, 0.25) is 0 Å². The molecule has 0 bridgehead atoms. The fourth-order valence-corrected chi connectivity index (χ4v) is 4.20. The molecule has 3 aromatic rings. The van der Waals surface area contributed by atoms with E-state index in [1.165, 1.54) is 16.0 Å². The van der Waals surface area contributed by atoms with Gasteiger partial charge in [-0.05, 0) is 41.3 Å². The Kier molecular flexibility index (Phi) is 4.25. The SMILES string of the molecule is CN1Cc2ccc(/C=N/Nc3ncnc4sc(C(C)(C)C)cc34)cc2C1. The molecule has 2 aromatic heterocycles. The van der Waals surface area contributed by atoms with Gasteiger partial charge in [0.1, 0.15) is 11.2 Å². The first-order chi connectivity index (χ1) is 12.4. The van der Waals surface area contributed by atoms with Gasteiger partial charge in [0.25, 0.3) is 0 Å². The van der Waals surface area contributed by atoms with Crippen LogP contribution in [-0.2, 0) is 18.5 Å². The van der Waals surface area contributed by atoms with E-state index in [-0.39, 0.29) is 5.41 Å². The highest BCUT2D eigenvalue weighted by Crippen LogP contribution is 2.35. The van der Waals surface area contributed by atoms with Gasteiger partial charge in [0.05, 0.1) is 11.6 Å². The van der Waals surface area contributed by atoms with Crippen molar-refractivity contribution in [1.29, 1.82) is 0 Å². The number of thiophene rings is 1. The summed E-state index contributed by atoms with van der Waals surface area (Å²) in [5.74, 6) is 0.749. The number of nitrogens with zero attached hydrogens (tertiary/aromatic N) is 4. The smallest absolute Gasteiger partial charge is 0.158 e. The van der Waals surface area contributed by atoms with E-state index in [1.54, 1.807) is 17.7 Å². The molecule has 1 aromatic carbocycles. The second kappa shape index (κ2) is 6.45. The van der Waals surface area contributed by atoms with Crippen molar-refractivity contribution < 1.29 is 0 Å². The molecule has 0 spiro atoms. The minimum Gasteiger partial charge on any atom is -0.298 e. The molecule has 0 aliphatic carbocycles. The number of aromatic nitrogens is 2. The third-order valence-corrected chi connectivity index (χ3v) is 6.03. The molecular weight excluding hydrogens is 342 g/mol. The Balaban J connectivity index is 1.56. The summed E-state index contributed by atoms with van der Waals surface area (Å²) in [5, 5.41) is 5.43. The number of hydrazone groups is 1. The van der Waals surface area contributed by atoms with Crippen LogP contribution in [0.5, 0.6) is 0 Å². The van der Waals surface area contributed by atoms with Crippen molar-refractivity contribution in [1.82, 2.24) is 14.9 Å². The molecule has 1 aliphatic heterocycles. The van der Waals surface area contributed by atoms with Crippen LogP contribution in [0.3, 0.4) is 0 Å². The first kappa shape index (κ1) is 17.1. The van der Waals surface area contributed by atoms with Crippen molar-refractivity contribution in [3.63, 3.8) is 0 Å². The van der Waals surface area contributed by atoms with Crippen LogP contribution in [0.4, 0.5) is 5.82 Å². The molecule has 6 heteroatoms. The Bertz CT molecular complexity index is 984. The van der Waals surface area contributed by atoms with Crippen LogP contribution >= 0.6 is 11.3 Å². The standard InChI is InChI=1S/C20H23N5S/c1-20(2,3)17-8-16-18(21-12-22-19(16)26-17)24-23-9-13-5-6-14-10-25(4)11-15(14)7-13/h5-9,12H,10-11H2,1-4H3,(H,21,22,24)/b23-9+. The second-order valence-electron chi connectivity index (χ2n) is 7.87. The number of benzene rings is 1. The summed E-state index contributed by atoms with van der Waals surface area (Å²) in [7, 11) is 2.14. The second-order valence-corrected chi connectivity index (χ2v) is 8.90. The van der Waals surface area contributed by atoms with E-state index in [1.807, 2.05) is 6.21 Å². The average molecular weight is 366 g/mol. The molecule has 0 unspecified atom stereocenters. The first-order valence-electron chi connectivity index (χ1n) is 8.74. The summed E-state index contributed by atoms with van der Waals surface area (Å²) in [6.07, 6.45) is 3.44. The van der Waals surface area contributed by atoms with Crippen molar-refractivity contribution in [2.45, 2.75) is 39.3 Å². The van der Waals surface area contributed by atoms with Gasteiger partial charge in [-0.2, -0.15) is 5.10 Å². The summed E-state index contributed by atoms with van der Waals surface area (Å²) in [6, 6.07) is 8.68. The van der Waals surface area contributed by atoms with Gasteiger partial charge in [-0.3, -0.25) is 10.3 Å². The minimum absolute atomic E-state index is 0.101. The maximum absolute atomic E-state index is 4.40. The molecule has 0 atom stereocenters. The van der Waals surface area contributed by atoms with E-state index in [2.05, 4.69) is 77.5 Å². The predicted octanol–water partition coefficient (Wildman–Crippen LogP) is 4.38. The van der Waals surface area contributed by atoms with E-state index in [9.17, 15) is 0 Å². The molecule has 4 rings (SSSR count). The zero-order chi connectivity index (χ0) is 18.3. The summed E-state index contributed by atoms with van der Waals surface area (Å²) in [4.78, 5) is 13.4. The Labute approximate surface area is 157 Å². The lowest BCUT2D eigenvalue weighted by atomic mass is 9.94. The predicted molar refractivity (Wildman–Crippen MR) is 109 cm³/mol. The Morgan fingerprint density at radius 1 is 1.15 bits per heavy atom.